The molecule has 1 saturated heterocycles. The van der Waals surface area contributed by atoms with Crippen molar-refractivity contribution in [2.45, 2.75) is 44.8 Å². The molecular weight excluding hydrogens is 230 g/mol. The van der Waals surface area contributed by atoms with Gasteiger partial charge in [-0.15, -0.1) is 5.10 Å². The van der Waals surface area contributed by atoms with E-state index in [1.165, 1.54) is 25.8 Å². The minimum Gasteiger partial charge on any atom is -0.407 e. The Labute approximate surface area is 107 Å². The fourth-order valence-corrected chi connectivity index (χ4v) is 2.47. The molecule has 0 spiro atoms. The van der Waals surface area contributed by atoms with Gasteiger partial charge in [-0.25, -0.2) is 0 Å². The second-order valence-electron chi connectivity index (χ2n) is 5.14. The third kappa shape index (κ3) is 2.81. The monoisotopic (exact) mass is 251 g/mol. The largest absolute Gasteiger partial charge is 0.407 e. The summed E-state index contributed by atoms with van der Waals surface area (Å²) in [5.41, 5.74) is 0. The minimum atomic E-state index is 0.457. The van der Waals surface area contributed by atoms with Gasteiger partial charge in [0.2, 0.25) is 5.89 Å². The minimum absolute atomic E-state index is 0.457. The normalized spacial score (nSPS) is 24.6. The average Bonchev–Trinajstić information content (AvgIpc) is 2.96. The molecule has 2 fully saturated rings. The van der Waals surface area contributed by atoms with Crippen LogP contribution in [0.4, 0.5) is 6.01 Å². The Morgan fingerprint density at radius 2 is 2.22 bits per heavy atom. The lowest BCUT2D eigenvalue weighted by Crippen LogP contribution is -2.27. The zero-order valence-corrected chi connectivity index (χ0v) is 10.9. The van der Waals surface area contributed by atoms with E-state index in [4.69, 9.17) is 4.42 Å². The molecule has 1 unspecified atom stereocenters. The van der Waals surface area contributed by atoms with Gasteiger partial charge in [0.15, 0.2) is 0 Å². The Morgan fingerprint density at radius 3 is 3.00 bits per heavy atom. The van der Waals surface area contributed by atoms with Crippen LogP contribution in [0.3, 0.4) is 0 Å². The SMILES string of the molecule is CCNCc1nnc(NC2CCN(C3CC3)C2)o1. The number of nitrogens with zero attached hydrogens (tertiary/aromatic N) is 3. The summed E-state index contributed by atoms with van der Waals surface area (Å²) in [7, 11) is 0. The molecule has 1 aliphatic carbocycles. The third-order valence-corrected chi connectivity index (χ3v) is 3.60. The van der Waals surface area contributed by atoms with Crippen LogP contribution >= 0.6 is 0 Å². The molecule has 18 heavy (non-hydrogen) atoms. The van der Waals surface area contributed by atoms with Crippen molar-refractivity contribution in [2.24, 2.45) is 0 Å². The van der Waals surface area contributed by atoms with Crippen LogP contribution in [0.25, 0.3) is 0 Å². The second-order valence-corrected chi connectivity index (χ2v) is 5.14. The third-order valence-electron chi connectivity index (χ3n) is 3.60. The van der Waals surface area contributed by atoms with Crippen molar-refractivity contribution in [3.05, 3.63) is 5.89 Å². The summed E-state index contributed by atoms with van der Waals surface area (Å²) in [6.45, 7) is 5.91. The van der Waals surface area contributed by atoms with Crippen molar-refractivity contribution in [1.82, 2.24) is 20.4 Å². The van der Waals surface area contributed by atoms with Gasteiger partial charge in [-0.1, -0.05) is 12.0 Å². The summed E-state index contributed by atoms with van der Waals surface area (Å²) < 4.78 is 5.54. The molecule has 2 aliphatic rings. The van der Waals surface area contributed by atoms with E-state index in [0.29, 0.717) is 24.5 Å². The Morgan fingerprint density at radius 1 is 1.33 bits per heavy atom. The van der Waals surface area contributed by atoms with Gasteiger partial charge in [-0.2, -0.15) is 0 Å². The predicted octanol–water partition coefficient (Wildman–Crippen LogP) is 0.828. The highest BCUT2D eigenvalue weighted by Crippen LogP contribution is 2.30. The molecule has 100 valence electrons. The van der Waals surface area contributed by atoms with E-state index in [1.807, 2.05) is 0 Å². The molecule has 6 nitrogen and oxygen atoms in total. The van der Waals surface area contributed by atoms with Crippen LogP contribution in [-0.4, -0.2) is 46.8 Å². The molecule has 1 aromatic heterocycles. The van der Waals surface area contributed by atoms with Gasteiger partial charge in [-0.05, 0) is 25.8 Å². The zero-order chi connectivity index (χ0) is 12.4. The lowest BCUT2D eigenvalue weighted by Gasteiger charge is -2.14. The average molecular weight is 251 g/mol. The van der Waals surface area contributed by atoms with E-state index >= 15 is 0 Å². The number of hydrogen-bond donors (Lipinski definition) is 2. The highest BCUT2D eigenvalue weighted by Gasteiger charge is 2.34. The Kier molecular flexibility index (Phi) is 3.47. The van der Waals surface area contributed by atoms with Gasteiger partial charge in [0.25, 0.3) is 0 Å². The molecule has 1 atom stereocenters. The van der Waals surface area contributed by atoms with Crippen LogP contribution < -0.4 is 10.6 Å². The maximum atomic E-state index is 5.54. The van der Waals surface area contributed by atoms with Crippen molar-refractivity contribution in [2.75, 3.05) is 25.0 Å². The van der Waals surface area contributed by atoms with Gasteiger partial charge >= 0.3 is 6.01 Å². The molecule has 1 aromatic rings. The smallest absolute Gasteiger partial charge is 0.315 e. The summed E-state index contributed by atoms with van der Waals surface area (Å²) in [6, 6.07) is 1.87. The standard InChI is InChI=1S/C12H21N5O/c1-2-13-7-11-15-16-12(18-11)14-9-5-6-17(8-9)10-3-4-10/h9-10,13H,2-8H2,1H3,(H,14,16). The van der Waals surface area contributed by atoms with Crippen molar-refractivity contribution >= 4 is 6.01 Å². The van der Waals surface area contributed by atoms with E-state index < -0.39 is 0 Å². The van der Waals surface area contributed by atoms with Gasteiger partial charge in [0, 0.05) is 25.2 Å². The summed E-state index contributed by atoms with van der Waals surface area (Å²) in [4.78, 5) is 2.56. The quantitative estimate of drug-likeness (QED) is 0.780. The highest BCUT2D eigenvalue weighted by atomic mass is 16.4. The Bertz CT molecular complexity index is 390. The van der Waals surface area contributed by atoms with E-state index in [-0.39, 0.29) is 0 Å². The van der Waals surface area contributed by atoms with E-state index in [1.54, 1.807) is 0 Å². The summed E-state index contributed by atoms with van der Waals surface area (Å²) >= 11 is 0. The Balaban J connectivity index is 1.48. The molecule has 1 aliphatic heterocycles. The molecule has 1 saturated carbocycles. The molecule has 2 N–H and O–H groups in total. The van der Waals surface area contributed by atoms with Crippen LogP contribution in [-0.2, 0) is 6.54 Å². The lowest BCUT2D eigenvalue weighted by atomic mass is 10.3. The number of rotatable bonds is 6. The molecule has 6 heteroatoms. The first-order chi connectivity index (χ1) is 8.85. The van der Waals surface area contributed by atoms with Crippen LogP contribution in [0.1, 0.15) is 32.1 Å². The summed E-state index contributed by atoms with van der Waals surface area (Å²) in [5, 5.41) is 14.5. The maximum Gasteiger partial charge on any atom is 0.315 e. The predicted molar refractivity (Wildman–Crippen MR) is 68.3 cm³/mol. The fourth-order valence-electron chi connectivity index (χ4n) is 2.47. The fraction of sp³-hybridized carbons (Fsp3) is 0.833. The molecule has 0 aromatic carbocycles. The van der Waals surface area contributed by atoms with Crippen molar-refractivity contribution in [3.8, 4) is 0 Å². The summed E-state index contributed by atoms with van der Waals surface area (Å²) in [5.74, 6) is 0.649. The second kappa shape index (κ2) is 5.24. The molecule has 0 bridgehead atoms. The first-order valence-electron chi connectivity index (χ1n) is 6.89. The number of hydrogen-bond acceptors (Lipinski definition) is 6. The molecule has 3 rings (SSSR count). The van der Waals surface area contributed by atoms with E-state index in [2.05, 4.69) is 32.7 Å². The topological polar surface area (TPSA) is 66.2 Å². The van der Waals surface area contributed by atoms with E-state index in [9.17, 15) is 0 Å². The number of nitrogens with one attached hydrogen (secondary N) is 2. The highest BCUT2D eigenvalue weighted by molar-refractivity contribution is 5.21. The number of aromatic nitrogens is 2. The van der Waals surface area contributed by atoms with Crippen LogP contribution in [0.15, 0.2) is 4.42 Å². The number of anilines is 1. The Hall–Kier alpha value is -1.14. The van der Waals surface area contributed by atoms with Gasteiger partial charge < -0.3 is 15.1 Å². The van der Waals surface area contributed by atoms with Gasteiger partial charge in [0.05, 0.1) is 6.54 Å². The zero-order valence-electron chi connectivity index (χ0n) is 10.9. The summed E-state index contributed by atoms with van der Waals surface area (Å²) in [6.07, 6.45) is 3.92. The van der Waals surface area contributed by atoms with Gasteiger partial charge in [-0.3, -0.25) is 4.90 Å². The molecule has 0 amide bonds. The maximum absolute atomic E-state index is 5.54. The van der Waals surface area contributed by atoms with Crippen LogP contribution in [0.5, 0.6) is 0 Å². The van der Waals surface area contributed by atoms with Crippen molar-refractivity contribution < 1.29 is 4.42 Å². The molecular formula is C12H21N5O. The van der Waals surface area contributed by atoms with Crippen molar-refractivity contribution in [1.29, 1.82) is 0 Å². The van der Waals surface area contributed by atoms with Crippen LogP contribution in [0, 0.1) is 0 Å². The first kappa shape index (κ1) is 11.9. The first-order valence-corrected chi connectivity index (χ1v) is 6.89. The molecule has 0 radical (unpaired) electrons. The lowest BCUT2D eigenvalue weighted by molar-refractivity contribution is 0.325. The molecule has 2 heterocycles. The van der Waals surface area contributed by atoms with E-state index in [0.717, 1.165) is 19.1 Å². The van der Waals surface area contributed by atoms with Crippen molar-refractivity contribution in [3.63, 3.8) is 0 Å². The van der Waals surface area contributed by atoms with Gasteiger partial charge in [0.1, 0.15) is 0 Å². The van der Waals surface area contributed by atoms with Crippen LogP contribution in [0.2, 0.25) is 0 Å². The number of likely N-dealkylation sites (tertiary alicyclic amines) is 1.